The summed E-state index contributed by atoms with van der Waals surface area (Å²) in [5, 5.41) is 3.85. The lowest BCUT2D eigenvalue weighted by Gasteiger charge is -2.12. The normalized spacial score (nSPS) is 18.3. The SMILES string of the molecule is CCCCN1C(=O)/C(=C/c2cc(Cl)c3c(c2)OCO3)NC1=S. The fraction of sp³-hybridized carbons (Fsp3) is 0.333. The summed E-state index contributed by atoms with van der Waals surface area (Å²) in [5.74, 6) is 0.997. The predicted octanol–water partition coefficient (Wildman–Crippen LogP) is 2.93. The topological polar surface area (TPSA) is 50.8 Å². The molecule has 1 N–H and O–H groups in total. The minimum absolute atomic E-state index is 0.118. The van der Waals surface area contributed by atoms with E-state index >= 15 is 0 Å². The molecule has 116 valence electrons. The van der Waals surface area contributed by atoms with Crippen LogP contribution in [0.15, 0.2) is 17.8 Å². The fourth-order valence-electron chi connectivity index (χ4n) is 2.33. The van der Waals surface area contributed by atoms with Crippen LogP contribution in [0.4, 0.5) is 0 Å². The zero-order chi connectivity index (χ0) is 15.7. The van der Waals surface area contributed by atoms with Crippen molar-refractivity contribution < 1.29 is 14.3 Å². The van der Waals surface area contributed by atoms with Gasteiger partial charge in [-0.05, 0) is 42.4 Å². The van der Waals surface area contributed by atoms with Crippen molar-refractivity contribution in [2.45, 2.75) is 19.8 Å². The number of hydrogen-bond donors (Lipinski definition) is 1. The highest BCUT2D eigenvalue weighted by molar-refractivity contribution is 7.80. The van der Waals surface area contributed by atoms with Gasteiger partial charge in [-0.15, -0.1) is 0 Å². The Morgan fingerprint density at radius 2 is 2.27 bits per heavy atom. The van der Waals surface area contributed by atoms with E-state index in [-0.39, 0.29) is 12.7 Å². The average molecular weight is 339 g/mol. The van der Waals surface area contributed by atoms with E-state index in [1.54, 1.807) is 23.1 Å². The molecule has 1 saturated heterocycles. The molecule has 1 aromatic carbocycles. The third kappa shape index (κ3) is 2.76. The molecule has 2 aliphatic heterocycles. The first-order chi connectivity index (χ1) is 10.6. The van der Waals surface area contributed by atoms with Crippen molar-refractivity contribution in [3.8, 4) is 11.5 Å². The molecule has 0 radical (unpaired) electrons. The second-order valence-electron chi connectivity index (χ2n) is 5.04. The maximum atomic E-state index is 12.4. The van der Waals surface area contributed by atoms with Crippen molar-refractivity contribution in [2.75, 3.05) is 13.3 Å². The summed E-state index contributed by atoms with van der Waals surface area (Å²) in [7, 11) is 0. The molecule has 22 heavy (non-hydrogen) atoms. The lowest BCUT2D eigenvalue weighted by atomic mass is 10.1. The van der Waals surface area contributed by atoms with Crippen molar-refractivity contribution >= 4 is 40.9 Å². The number of fused-ring (bicyclic) bond motifs is 1. The Balaban J connectivity index is 1.85. The van der Waals surface area contributed by atoms with Crippen molar-refractivity contribution in [3.63, 3.8) is 0 Å². The predicted molar refractivity (Wildman–Crippen MR) is 87.9 cm³/mol. The molecule has 0 aromatic heterocycles. The number of thiocarbonyl (C=S) groups is 1. The summed E-state index contributed by atoms with van der Waals surface area (Å²) in [6, 6.07) is 3.52. The Bertz CT molecular complexity index is 675. The summed E-state index contributed by atoms with van der Waals surface area (Å²) in [4.78, 5) is 13.9. The van der Waals surface area contributed by atoms with Gasteiger partial charge in [-0.2, -0.15) is 0 Å². The number of nitrogens with zero attached hydrogens (tertiary/aromatic N) is 1. The number of nitrogens with one attached hydrogen (secondary N) is 1. The first kappa shape index (κ1) is 15.1. The monoisotopic (exact) mass is 338 g/mol. The van der Waals surface area contributed by atoms with Crippen LogP contribution in [0.25, 0.3) is 6.08 Å². The van der Waals surface area contributed by atoms with E-state index in [1.165, 1.54) is 0 Å². The van der Waals surface area contributed by atoms with Crippen molar-refractivity contribution in [1.82, 2.24) is 10.2 Å². The number of carbonyl (C=O) groups is 1. The number of benzene rings is 1. The molecule has 1 fully saturated rings. The zero-order valence-corrected chi connectivity index (χ0v) is 13.6. The number of rotatable bonds is 4. The highest BCUT2D eigenvalue weighted by Crippen LogP contribution is 2.40. The summed E-state index contributed by atoms with van der Waals surface area (Å²) in [6.45, 7) is 2.85. The van der Waals surface area contributed by atoms with Gasteiger partial charge in [0.05, 0.1) is 5.02 Å². The molecule has 7 heteroatoms. The maximum Gasteiger partial charge on any atom is 0.276 e. The molecule has 3 rings (SSSR count). The van der Waals surface area contributed by atoms with E-state index in [4.69, 9.17) is 33.3 Å². The molecule has 0 unspecified atom stereocenters. The van der Waals surface area contributed by atoms with Gasteiger partial charge in [0.25, 0.3) is 5.91 Å². The van der Waals surface area contributed by atoms with Crippen LogP contribution < -0.4 is 14.8 Å². The number of halogens is 1. The molecule has 0 atom stereocenters. The highest BCUT2D eigenvalue weighted by atomic mass is 35.5. The number of carbonyl (C=O) groups excluding carboxylic acids is 1. The van der Waals surface area contributed by atoms with Crippen LogP contribution in [0.5, 0.6) is 11.5 Å². The summed E-state index contributed by atoms with van der Waals surface area (Å²) in [5.41, 5.74) is 1.20. The fourth-order valence-corrected chi connectivity index (χ4v) is 2.89. The lowest BCUT2D eigenvalue weighted by molar-refractivity contribution is -0.122. The molecule has 2 heterocycles. The molecule has 1 aromatic rings. The van der Waals surface area contributed by atoms with Gasteiger partial charge in [0.2, 0.25) is 6.79 Å². The van der Waals surface area contributed by atoms with Gasteiger partial charge in [0.1, 0.15) is 5.70 Å². The second-order valence-corrected chi connectivity index (χ2v) is 5.83. The van der Waals surface area contributed by atoms with Crippen LogP contribution in [-0.4, -0.2) is 29.3 Å². The first-order valence-corrected chi connectivity index (χ1v) is 7.82. The minimum Gasteiger partial charge on any atom is -0.454 e. The van der Waals surface area contributed by atoms with Crippen LogP contribution in [0.1, 0.15) is 25.3 Å². The summed E-state index contributed by atoms with van der Waals surface area (Å²) < 4.78 is 10.6. The number of hydrogen-bond acceptors (Lipinski definition) is 4. The third-order valence-corrected chi connectivity index (χ3v) is 4.06. The minimum atomic E-state index is -0.118. The molecule has 0 spiro atoms. The van der Waals surface area contributed by atoms with E-state index in [1.807, 2.05) is 0 Å². The average Bonchev–Trinajstić information content (AvgIpc) is 3.04. The van der Waals surface area contributed by atoms with E-state index in [0.29, 0.717) is 33.9 Å². The molecular formula is C15H15ClN2O3S. The number of amides is 1. The number of unbranched alkanes of at least 4 members (excludes halogenated alkanes) is 1. The largest absolute Gasteiger partial charge is 0.454 e. The van der Waals surface area contributed by atoms with Crippen molar-refractivity contribution in [1.29, 1.82) is 0 Å². The molecule has 0 aliphatic carbocycles. The molecule has 1 amide bonds. The number of ether oxygens (including phenoxy) is 2. The van der Waals surface area contributed by atoms with Crippen LogP contribution in [0.3, 0.4) is 0 Å². The molecule has 0 saturated carbocycles. The van der Waals surface area contributed by atoms with E-state index in [0.717, 1.165) is 18.4 Å². The quantitative estimate of drug-likeness (QED) is 0.675. The Hall–Kier alpha value is -1.79. The van der Waals surface area contributed by atoms with Crippen molar-refractivity contribution in [2.24, 2.45) is 0 Å². The molecule has 5 nitrogen and oxygen atoms in total. The van der Waals surface area contributed by atoms with E-state index in [2.05, 4.69) is 12.2 Å². The zero-order valence-electron chi connectivity index (χ0n) is 12.0. The highest BCUT2D eigenvalue weighted by Gasteiger charge is 2.30. The van der Waals surface area contributed by atoms with Gasteiger partial charge in [-0.25, -0.2) is 0 Å². The lowest BCUT2D eigenvalue weighted by Crippen LogP contribution is -2.31. The molecule has 2 aliphatic rings. The van der Waals surface area contributed by atoms with Gasteiger partial charge >= 0.3 is 0 Å². The summed E-state index contributed by atoms with van der Waals surface area (Å²) in [6.07, 6.45) is 3.63. The van der Waals surface area contributed by atoms with Crippen molar-refractivity contribution in [3.05, 3.63) is 28.4 Å². The van der Waals surface area contributed by atoms with Crippen LogP contribution >= 0.6 is 23.8 Å². The van der Waals surface area contributed by atoms with Gasteiger partial charge in [-0.1, -0.05) is 24.9 Å². The summed E-state index contributed by atoms with van der Waals surface area (Å²) >= 11 is 11.4. The van der Waals surface area contributed by atoms with Gasteiger partial charge in [-0.3, -0.25) is 9.69 Å². The Labute approximate surface area is 138 Å². The maximum absolute atomic E-state index is 12.4. The van der Waals surface area contributed by atoms with Crippen LogP contribution in [-0.2, 0) is 4.79 Å². The van der Waals surface area contributed by atoms with E-state index < -0.39 is 0 Å². The van der Waals surface area contributed by atoms with Crippen LogP contribution in [0, 0.1) is 0 Å². The van der Waals surface area contributed by atoms with E-state index in [9.17, 15) is 4.79 Å². The Morgan fingerprint density at radius 3 is 3.05 bits per heavy atom. The molecular weight excluding hydrogens is 324 g/mol. The van der Waals surface area contributed by atoms with Gasteiger partial charge in [0.15, 0.2) is 16.6 Å². The first-order valence-electron chi connectivity index (χ1n) is 7.04. The standard InChI is InChI=1S/C15H15ClN2O3S/c1-2-3-4-18-14(19)11(17-15(18)22)6-9-5-10(16)13-12(7-9)20-8-21-13/h5-7H,2-4,8H2,1H3,(H,17,22)/b11-6-. The smallest absolute Gasteiger partial charge is 0.276 e. The Morgan fingerprint density at radius 1 is 1.45 bits per heavy atom. The van der Waals surface area contributed by atoms with Gasteiger partial charge < -0.3 is 14.8 Å². The third-order valence-electron chi connectivity index (χ3n) is 3.46. The Kier molecular flexibility index (Phi) is 4.22. The van der Waals surface area contributed by atoms with Crippen LogP contribution in [0.2, 0.25) is 5.02 Å². The van der Waals surface area contributed by atoms with Gasteiger partial charge in [0, 0.05) is 6.54 Å². The second kappa shape index (κ2) is 6.14. The molecule has 0 bridgehead atoms.